The topological polar surface area (TPSA) is 34.0 Å². The number of aromatic nitrogens is 3. The molecule has 0 N–H and O–H groups in total. The van der Waals surface area contributed by atoms with Crippen LogP contribution < -0.4 is 4.90 Å². The van der Waals surface area contributed by atoms with Crippen molar-refractivity contribution in [2.24, 2.45) is 0 Å². The van der Waals surface area contributed by atoms with Crippen LogP contribution in [0.15, 0.2) is 158 Å². The Morgan fingerprint density at radius 2 is 1.35 bits per heavy atom. The van der Waals surface area contributed by atoms with Gasteiger partial charge in [-0.05, 0) is 76.9 Å². The number of pyridine rings is 2. The molecule has 5 heteroatoms. The molecule has 236 valence electrons. The summed E-state index contributed by atoms with van der Waals surface area (Å²) in [6, 6.07) is 48.8. The summed E-state index contributed by atoms with van der Waals surface area (Å²) >= 11 is 0. The van der Waals surface area contributed by atoms with Crippen LogP contribution in [0.2, 0.25) is 0 Å². The number of para-hydroxylation sites is 3. The quantitative estimate of drug-likeness (QED) is 0.188. The number of halogens is 1. The zero-order chi connectivity index (χ0) is 33.1. The Morgan fingerprint density at radius 1 is 0.633 bits per heavy atom. The molecule has 0 bridgehead atoms. The fourth-order valence-electron chi connectivity index (χ4n) is 7.69. The Kier molecular flexibility index (Phi) is 6.70. The van der Waals surface area contributed by atoms with E-state index < -0.39 is 6.17 Å². The third-order valence-electron chi connectivity index (χ3n) is 9.92. The first-order chi connectivity index (χ1) is 24.0. The molecule has 1 atom stereocenters. The zero-order valence-corrected chi connectivity index (χ0v) is 27.3. The molecule has 1 unspecified atom stereocenters. The van der Waals surface area contributed by atoms with Crippen LogP contribution in [0.3, 0.4) is 0 Å². The molecule has 49 heavy (non-hydrogen) atoms. The van der Waals surface area contributed by atoms with E-state index in [4.69, 9.17) is 4.98 Å². The normalized spacial score (nSPS) is 14.1. The van der Waals surface area contributed by atoms with Gasteiger partial charge in [-0.15, -0.1) is 0 Å². The van der Waals surface area contributed by atoms with E-state index in [0.717, 1.165) is 55.9 Å². The molecule has 0 fully saturated rings. The first kappa shape index (κ1) is 29.1. The zero-order valence-electron chi connectivity index (χ0n) is 27.3. The van der Waals surface area contributed by atoms with Crippen molar-refractivity contribution in [1.82, 2.24) is 14.5 Å². The van der Waals surface area contributed by atoms with Crippen LogP contribution in [0.25, 0.3) is 38.9 Å². The highest BCUT2D eigenvalue weighted by molar-refractivity contribution is 6.12. The van der Waals surface area contributed by atoms with Crippen molar-refractivity contribution in [2.45, 2.75) is 25.4 Å². The molecule has 1 aliphatic heterocycles. The van der Waals surface area contributed by atoms with Crippen LogP contribution in [0.1, 0.15) is 42.3 Å². The second-order valence-corrected chi connectivity index (χ2v) is 13.2. The Hall–Kier alpha value is -6.07. The van der Waals surface area contributed by atoms with Gasteiger partial charge < -0.3 is 4.90 Å². The van der Waals surface area contributed by atoms with E-state index in [1.165, 1.54) is 11.1 Å². The molecule has 4 nitrogen and oxygen atoms in total. The predicted octanol–water partition coefficient (Wildman–Crippen LogP) is 11.4. The number of benzene rings is 5. The van der Waals surface area contributed by atoms with Crippen LogP contribution >= 0.6 is 0 Å². The summed E-state index contributed by atoms with van der Waals surface area (Å²) in [6.45, 7) is 4.62. The van der Waals surface area contributed by atoms with Crippen LogP contribution in [-0.2, 0) is 5.41 Å². The Balaban J connectivity index is 1.24. The molecule has 5 aromatic carbocycles. The van der Waals surface area contributed by atoms with Gasteiger partial charge in [0.15, 0.2) is 6.17 Å². The van der Waals surface area contributed by atoms with Crippen LogP contribution in [0.5, 0.6) is 0 Å². The van der Waals surface area contributed by atoms with Crippen molar-refractivity contribution in [2.75, 3.05) is 4.90 Å². The minimum atomic E-state index is -1.31. The minimum absolute atomic E-state index is 0.322. The van der Waals surface area contributed by atoms with E-state index >= 15 is 4.39 Å². The highest BCUT2D eigenvalue weighted by Crippen LogP contribution is 2.54. The van der Waals surface area contributed by atoms with Crippen molar-refractivity contribution >= 4 is 39.0 Å². The smallest absolute Gasteiger partial charge is 0.150 e. The molecule has 0 saturated carbocycles. The Labute approximate surface area is 284 Å². The average Bonchev–Trinajstić information content (AvgIpc) is 3.50. The van der Waals surface area contributed by atoms with E-state index in [-0.39, 0.29) is 5.41 Å². The van der Waals surface area contributed by atoms with E-state index in [2.05, 4.69) is 101 Å². The van der Waals surface area contributed by atoms with Crippen LogP contribution in [0.4, 0.5) is 21.5 Å². The van der Waals surface area contributed by atoms with Crippen LogP contribution in [0, 0.1) is 0 Å². The van der Waals surface area contributed by atoms with Crippen molar-refractivity contribution in [3.05, 3.63) is 180 Å². The maximum atomic E-state index is 16.4. The van der Waals surface area contributed by atoms with E-state index in [1.54, 1.807) is 6.20 Å². The lowest BCUT2D eigenvalue weighted by Gasteiger charge is -2.42. The number of nitrogens with zero attached hydrogens (tertiary/aromatic N) is 4. The molecule has 3 aromatic heterocycles. The maximum absolute atomic E-state index is 16.4. The highest BCUT2D eigenvalue weighted by atomic mass is 19.1. The fourth-order valence-corrected chi connectivity index (χ4v) is 7.69. The second kappa shape index (κ2) is 11.3. The Morgan fingerprint density at radius 3 is 2.18 bits per heavy atom. The predicted molar refractivity (Wildman–Crippen MR) is 198 cm³/mol. The van der Waals surface area contributed by atoms with Gasteiger partial charge >= 0.3 is 0 Å². The monoisotopic (exact) mass is 636 g/mol. The Bertz CT molecular complexity index is 2500. The summed E-state index contributed by atoms with van der Waals surface area (Å²) in [6.07, 6.45) is 2.46. The summed E-state index contributed by atoms with van der Waals surface area (Å²) in [5, 5.41) is 2.23. The van der Waals surface area contributed by atoms with Gasteiger partial charge in [0.1, 0.15) is 5.65 Å². The van der Waals surface area contributed by atoms with Gasteiger partial charge in [-0.25, -0.2) is 9.37 Å². The van der Waals surface area contributed by atoms with E-state index in [0.29, 0.717) is 11.1 Å². The van der Waals surface area contributed by atoms with Gasteiger partial charge in [-0.2, -0.15) is 0 Å². The molecule has 4 heterocycles. The summed E-state index contributed by atoms with van der Waals surface area (Å²) in [7, 11) is 0. The second-order valence-electron chi connectivity index (χ2n) is 13.2. The number of alkyl halides is 1. The number of anilines is 3. The van der Waals surface area contributed by atoms with Gasteiger partial charge in [0.05, 0.1) is 28.8 Å². The van der Waals surface area contributed by atoms with Crippen molar-refractivity contribution in [3.63, 3.8) is 0 Å². The molecule has 0 spiro atoms. The molecule has 0 aliphatic carbocycles. The highest BCUT2D eigenvalue weighted by Gasteiger charge is 2.39. The number of fused-ring (bicyclic) bond motifs is 6. The SMILES string of the molecule is CC1(C)c2ccccc2N(c2ccccc2)c2cnc3c(c21)c1ccccc1n3-c1cccc(C(F)c2cccc(-c3ccccn3)c2)c1. The summed E-state index contributed by atoms with van der Waals surface area (Å²) in [5.41, 5.74) is 11.1. The van der Waals surface area contributed by atoms with Crippen molar-refractivity contribution in [1.29, 1.82) is 0 Å². The van der Waals surface area contributed by atoms with Gasteiger partial charge in [-0.3, -0.25) is 9.55 Å². The number of hydrogen-bond acceptors (Lipinski definition) is 3. The van der Waals surface area contributed by atoms with Crippen LogP contribution in [-0.4, -0.2) is 14.5 Å². The number of hydrogen-bond donors (Lipinski definition) is 0. The third kappa shape index (κ3) is 4.57. The molecular formula is C44H33FN4. The fraction of sp³-hybridized carbons (Fsp3) is 0.0909. The molecule has 0 amide bonds. The average molecular weight is 637 g/mol. The molecule has 9 rings (SSSR count). The largest absolute Gasteiger partial charge is 0.308 e. The van der Waals surface area contributed by atoms with Gasteiger partial charge in [-0.1, -0.05) is 105 Å². The minimum Gasteiger partial charge on any atom is -0.308 e. The standard InChI is InChI=1S/C44H33FN4/c1-44(2)35-21-7-9-24-38(35)48(32-17-4-3-5-18-32)39-28-47-43-40(41(39)44)34-20-6-8-23-37(34)49(43)33-19-13-16-31(27-33)42(45)30-15-12-14-29(26-30)36-22-10-11-25-46-36/h3-28,42H,1-2H3. The molecule has 0 saturated heterocycles. The molecular weight excluding hydrogens is 604 g/mol. The molecule has 1 aliphatic rings. The number of rotatable bonds is 5. The summed E-state index contributed by atoms with van der Waals surface area (Å²) < 4.78 is 18.6. The lowest BCUT2D eigenvalue weighted by molar-refractivity contribution is 0.402. The lowest BCUT2D eigenvalue weighted by atomic mass is 9.72. The van der Waals surface area contributed by atoms with Crippen molar-refractivity contribution in [3.8, 4) is 16.9 Å². The summed E-state index contributed by atoms with van der Waals surface area (Å²) in [5.74, 6) is 0. The third-order valence-corrected chi connectivity index (χ3v) is 9.92. The van der Waals surface area contributed by atoms with Gasteiger partial charge in [0, 0.05) is 39.3 Å². The van der Waals surface area contributed by atoms with E-state index in [1.807, 2.05) is 79.0 Å². The molecule has 0 radical (unpaired) electrons. The summed E-state index contributed by atoms with van der Waals surface area (Å²) in [4.78, 5) is 12.0. The van der Waals surface area contributed by atoms with Crippen molar-refractivity contribution < 1.29 is 4.39 Å². The van der Waals surface area contributed by atoms with Gasteiger partial charge in [0.2, 0.25) is 0 Å². The first-order valence-electron chi connectivity index (χ1n) is 16.6. The lowest BCUT2D eigenvalue weighted by Crippen LogP contribution is -2.31. The van der Waals surface area contributed by atoms with Gasteiger partial charge in [0.25, 0.3) is 0 Å². The molecule has 8 aromatic rings. The van der Waals surface area contributed by atoms with E-state index in [9.17, 15) is 0 Å². The maximum Gasteiger partial charge on any atom is 0.150 e. The first-order valence-corrected chi connectivity index (χ1v) is 16.6.